The third-order valence-corrected chi connectivity index (χ3v) is 6.46. The highest BCUT2D eigenvalue weighted by Gasteiger charge is 2.34. The van der Waals surface area contributed by atoms with Crippen LogP contribution in [0.4, 0.5) is 15.8 Å². The molecule has 3 aromatic rings. The Balaban J connectivity index is 1.47. The van der Waals surface area contributed by atoms with E-state index >= 15 is 0 Å². The number of thioether (sulfide) groups is 1. The molecule has 0 bridgehead atoms. The highest BCUT2D eigenvalue weighted by molar-refractivity contribution is 8.00. The Bertz CT molecular complexity index is 973. The predicted molar refractivity (Wildman–Crippen MR) is 112 cm³/mol. The summed E-state index contributed by atoms with van der Waals surface area (Å²) >= 11 is 3.09. The minimum atomic E-state index is -0.331. The Hall–Kier alpha value is -2.64. The maximum absolute atomic E-state index is 13.2. The lowest BCUT2D eigenvalue weighted by Crippen LogP contribution is -2.27. The van der Waals surface area contributed by atoms with Gasteiger partial charge in [-0.1, -0.05) is 18.2 Å². The summed E-state index contributed by atoms with van der Waals surface area (Å²) in [7, 11) is 0. The summed E-state index contributed by atoms with van der Waals surface area (Å²) in [6.07, 6.45) is 0.352. The van der Waals surface area contributed by atoms with E-state index in [4.69, 9.17) is 0 Å². The van der Waals surface area contributed by atoms with E-state index < -0.39 is 0 Å². The van der Waals surface area contributed by atoms with Crippen LogP contribution in [0.2, 0.25) is 0 Å². The molecule has 2 amide bonds. The Morgan fingerprint density at radius 1 is 1.11 bits per heavy atom. The monoisotopic (exact) mass is 412 g/mol. The van der Waals surface area contributed by atoms with Crippen LogP contribution in [0.1, 0.15) is 15.8 Å². The molecule has 1 aliphatic heterocycles. The molecule has 1 atom stereocenters. The molecule has 1 saturated heterocycles. The van der Waals surface area contributed by atoms with Crippen LogP contribution >= 0.6 is 23.1 Å². The normalized spacial score (nSPS) is 16.4. The summed E-state index contributed by atoms with van der Waals surface area (Å²) in [6.45, 7) is 0. The van der Waals surface area contributed by atoms with E-state index in [2.05, 4.69) is 5.32 Å². The number of nitrogens with zero attached hydrogens (tertiary/aromatic N) is 1. The van der Waals surface area contributed by atoms with Gasteiger partial charge in [0.25, 0.3) is 0 Å². The zero-order chi connectivity index (χ0) is 19.5. The first-order chi connectivity index (χ1) is 13.6. The molecule has 2 heterocycles. The van der Waals surface area contributed by atoms with Crippen molar-refractivity contribution in [3.63, 3.8) is 0 Å². The third kappa shape index (κ3) is 4.10. The van der Waals surface area contributed by atoms with Gasteiger partial charge in [0, 0.05) is 16.3 Å². The van der Waals surface area contributed by atoms with Crippen molar-refractivity contribution in [1.82, 2.24) is 0 Å². The van der Waals surface area contributed by atoms with Crippen molar-refractivity contribution in [2.45, 2.75) is 11.8 Å². The summed E-state index contributed by atoms with van der Waals surface area (Å²) in [6, 6.07) is 17.3. The molecule has 0 aliphatic carbocycles. The molecule has 4 nitrogen and oxygen atoms in total. The quantitative estimate of drug-likeness (QED) is 0.652. The van der Waals surface area contributed by atoms with Gasteiger partial charge in [-0.2, -0.15) is 0 Å². The summed E-state index contributed by atoms with van der Waals surface area (Å²) < 4.78 is 13.2. The lowest BCUT2D eigenvalue weighted by atomic mass is 10.1. The molecule has 1 aliphatic rings. The molecule has 0 saturated carbocycles. The third-order valence-electron chi connectivity index (χ3n) is 4.37. The summed E-state index contributed by atoms with van der Waals surface area (Å²) in [5, 5.41) is 4.67. The molecule has 28 heavy (non-hydrogen) atoms. The second-order valence-electron chi connectivity index (χ2n) is 6.33. The minimum absolute atomic E-state index is 0.00469. The van der Waals surface area contributed by atoms with Gasteiger partial charge in [0.1, 0.15) is 11.2 Å². The maximum atomic E-state index is 13.2. The Morgan fingerprint density at radius 3 is 2.54 bits per heavy atom. The van der Waals surface area contributed by atoms with Crippen molar-refractivity contribution in [2.75, 3.05) is 16.0 Å². The largest absolute Gasteiger partial charge is 0.326 e. The second-order valence-corrected chi connectivity index (χ2v) is 8.43. The number of hydrogen-bond acceptors (Lipinski definition) is 4. The van der Waals surface area contributed by atoms with E-state index in [9.17, 15) is 14.0 Å². The van der Waals surface area contributed by atoms with Crippen LogP contribution in [-0.2, 0) is 16.0 Å². The number of carbonyl (C=O) groups is 2. The molecule has 142 valence electrons. The van der Waals surface area contributed by atoms with Crippen LogP contribution in [0.25, 0.3) is 0 Å². The molecule has 7 heteroatoms. The molecule has 0 unspecified atom stereocenters. The van der Waals surface area contributed by atoms with Crippen LogP contribution in [0.5, 0.6) is 0 Å². The van der Waals surface area contributed by atoms with Crippen molar-refractivity contribution in [3.05, 3.63) is 82.3 Å². The highest BCUT2D eigenvalue weighted by Crippen LogP contribution is 2.41. The number of anilines is 2. The zero-order valence-corrected chi connectivity index (χ0v) is 16.4. The number of benzene rings is 2. The molecule has 1 aromatic heterocycles. The average molecular weight is 413 g/mol. The lowest BCUT2D eigenvalue weighted by Gasteiger charge is -2.24. The first-order valence-electron chi connectivity index (χ1n) is 8.71. The van der Waals surface area contributed by atoms with Crippen molar-refractivity contribution in [2.24, 2.45) is 0 Å². The molecular weight excluding hydrogens is 395 g/mol. The van der Waals surface area contributed by atoms with E-state index in [0.717, 1.165) is 10.4 Å². The fourth-order valence-electron chi connectivity index (χ4n) is 3.06. The molecular formula is C21H17FN2O2S2. The van der Waals surface area contributed by atoms with Crippen molar-refractivity contribution in [3.8, 4) is 0 Å². The lowest BCUT2D eigenvalue weighted by molar-refractivity contribution is -0.116. The van der Waals surface area contributed by atoms with E-state index in [-0.39, 0.29) is 23.0 Å². The van der Waals surface area contributed by atoms with Crippen molar-refractivity contribution in [1.29, 1.82) is 0 Å². The van der Waals surface area contributed by atoms with Gasteiger partial charge in [-0.15, -0.1) is 23.1 Å². The maximum Gasteiger partial charge on any atom is 0.238 e. The molecule has 1 fully saturated rings. The smallest absolute Gasteiger partial charge is 0.238 e. The fraction of sp³-hybridized carbons (Fsp3) is 0.143. The van der Waals surface area contributed by atoms with Crippen LogP contribution in [0.15, 0.2) is 66.0 Å². The summed E-state index contributed by atoms with van der Waals surface area (Å²) in [5.74, 6) is -0.0211. The van der Waals surface area contributed by atoms with Crippen LogP contribution in [0.3, 0.4) is 0 Å². The van der Waals surface area contributed by atoms with Gasteiger partial charge in [-0.25, -0.2) is 4.39 Å². The minimum Gasteiger partial charge on any atom is -0.326 e. The highest BCUT2D eigenvalue weighted by atomic mass is 32.2. The number of amides is 2. The van der Waals surface area contributed by atoms with Gasteiger partial charge >= 0.3 is 0 Å². The molecule has 0 spiro atoms. The standard InChI is InChI=1S/C21H17FN2O2S2/c22-15-5-9-17(10-6-15)24-20(26)13-28-21(24)14-3-7-16(8-4-14)23-19(25)12-18-2-1-11-27-18/h1-11,21H,12-13H2,(H,23,25)/t21-/m1/s1. The number of carbonyl (C=O) groups excluding carboxylic acids is 2. The molecule has 0 radical (unpaired) electrons. The predicted octanol–water partition coefficient (Wildman–Crippen LogP) is 4.85. The Labute approximate surface area is 170 Å². The number of rotatable bonds is 5. The molecule has 4 rings (SSSR count). The van der Waals surface area contributed by atoms with E-state index in [1.54, 1.807) is 28.4 Å². The Morgan fingerprint density at radius 2 is 1.86 bits per heavy atom. The topological polar surface area (TPSA) is 49.4 Å². The van der Waals surface area contributed by atoms with E-state index in [1.165, 1.54) is 23.9 Å². The van der Waals surface area contributed by atoms with Gasteiger partial charge < -0.3 is 5.32 Å². The number of thiophene rings is 1. The van der Waals surface area contributed by atoms with Crippen LogP contribution in [-0.4, -0.2) is 17.6 Å². The van der Waals surface area contributed by atoms with Gasteiger partial charge in [-0.05, 0) is 53.4 Å². The van der Waals surface area contributed by atoms with Crippen LogP contribution < -0.4 is 10.2 Å². The number of halogens is 1. The van der Waals surface area contributed by atoms with Gasteiger partial charge in [0.2, 0.25) is 11.8 Å². The summed E-state index contributed by atoms with van der Waals surface area (Å²) in [5.41, 5.74) is 2.35. The van der Waals surface area contributed by atoms with Crippen molar-refractivity contribution < 1.29 is 14.0 Å². The fourth-order valence-corrected chi connectivity index (χ4v) is 4.94. The van der Waals surface area contributed by atoms with Crippen molar-refractivity contribution >= 4 is 46.3 Å². The average Bonchev–Trinajstić information content (AvgIpc) is 3.33. The van der Waals surface area contributed by atoms with Gasteiger partial charge in [-0.3, -0.25) is 14.5 Å². The van der Waals surface area contributed by atoms with Crippen LogP contribution in [0, 0.1) is 5.82 Å². The summed E-state index contributed by atoms with van der Waals surface area (Å²) in [4.78, 5) is 27.2. The first-order valence-corrected chi connectivity index (χ1v) is 10.6. The molecule has 2 aromatic carbocycles. The van der Waals surface area contributed by atoms with Gasteiger partial charge in [0.05, 0.1) is 12.2 Å². The zero-order valence-electron chi connectivity index (χ0n) is 14.8. The second kappa shape index (κ2) is 8.16. The number of hydrogen-bond donors (Lipinski definition) is 1. The van der Waals surface area contributed by atoms with E-state index in [0.29, 0.717) is 23.5 Å². The van der Waals surface area contributed by atoms with Gasteiger partial charge in [0.15, 0.2) is 0 Å². The number of nitrogens with one attached hydrogen (secondary N) is 1. The SMILES string of the molecule is O=C(Cc1cccs1)Nc1ccc([C@H]2SCC(=O)N2c2ccc(F)cc2)cc1. The first kappa shape index (κ1) is 18.7. The Kier molecular flexibility index (Phi) is 5.45. The molecule has 1 N–H and O–H groups in total. The van der Waals surface area contributed by atoms with E-state index in [1.807, 2.05) is 41.8 Å².